The Kier molecular flexibility index (Phi) is 6.59. The van der Waals surface area contributed by atoms with E-state index in [0.717, 1.165) is 17.8 Å². The molecule has 146 valence electrons. The lowest BCUT2D eigenvalue weighted by molar-refractivity contribution is -0.274. The number of aliphatic imine (C=N–C) groups is 1. The van der Waals surface area contributed by atoms with Crippen molar-refractivity contribution in [2.75, 3.05) is 25.5 Å². The van der Waals surface area contributed by atoms with E-state index in [1.807, 2.05) is 31.9 Å². The number of ether oxygens (including phenoxy) is 1. The second-order valence-electron chi connectivity index (χ2n) is 6.01. The minimum absolute atomic E-state index is 0.278. The van der Waals surface area contributed by atoms with Crippen molar-refractivity contribution in [3.05, 3.63) is 47.0 Å². The summed E-state index contributed by atoms with van der Waals surface area (Å²) in [7, 11) is 3.65. The first-order chi connectivity index (χ1) is 12.6. The van der Waals surface area contributed by atoms with E-state index in [4.69, 9.17) is 11.6 Å². The fourth-order valence-corrected chi connectivity index (χ4v) is 2.59. The predicted molar refractivity (Wildman–Crippen MR) is 104 cm³/mol. The van der Waals surface area contributed by atoms with Gasteiger partial charge in [0.05, 0.1) is 17.0 Å². The number of nitrogens with zero attached hydrogens (tertiary/aromatic N) is 3. The third kappa shape index (κ3) is 5.79. The van der Waals surface area contributed by atoms with Gasteiger partial charge in [-0.1, -0.05) is 17.7 Å². The van der Waals surface area contributed by atoms with Crippen LogP contribution in [0.3, 0.4) is 0 Å². The number of alkyl halides is 3. The van der Waals surface area contributed by atoms with E-state index in [-0.39, 0.29) is 5.75 Å². The minimum atomic E-state index is -4.73. The van der Waals surface area contributed by atoms with Gasteiger partial charge in [0, 0.05) is 38.1 Å². The summed E-state index contributed by atoms with van der Waals surface area (Å²) in [6.07, 6.45) is -3.04. The first kappa shape index (κ1) is 20.9. The van der Waals surface area contributed by atoms with Crippen LogP contribution in [0.1, 0.15) is 12.5 Å². The van der Waals surface area contributed by atoms with Crippen LogP contribution < -0.4 is 9.64 Å². The van der Waals surface area contributed by atoms with Crippen LogP contribution in [0, 0.1) is 6.92 Å². The third-order valence-corrected chi connectivity index (χ3v) is 4.26. The van der Waals surface area contributed by atoms with Gasteiger partial charge in [-0.25, -0.2) is 4.99 Å². The summed E-state index contributed by atoms with van der Waals surface area (Å²) in [6, 6.07) is 9.36. The zero-order chi connectivity index (χ0) is 20.2. The molecule has 0 aliphatic heterocycles. The van der Waals surface area contributed by atoms with Crippen LogP contribution in [0.4, 0.5) is 30.2 Å². The lowest BCUT2D eigenvalue weighted by atomic mass is 10.1. The first-order valence-corrected chi connectivity index (χ1v) is 8.62. The molecule has 4 nitrogen and oxygen atoms in total. The van der Waals surface area contributed by atoms with Gasteiger partial charge in [-0.2, -0.15) is 0 Å². The Hall–Kier alpha value is -2.41. The summed E-state index contributed by atoms with van der Waals surface area (Å²) in [5.41, 5.74) is 2.81. The molecule has 0 fully saturated rings. The van der Waals surface area contributed by atoms with Crippen molar-refractivity contribution < 1.29 is 17.9 Å². The molecule has 0 bridgehead atoms. The number of benzene rings is 2. The van der Waals surface area contributed by atoms with E-state index >= 15 is 0 Å². The molecule has 27 heavy (non-hydrogen) atoms. The second kappa shape index (κ2) is 8.52. The van der Waals surface area contributed by atoms with Crippen molar-refractivity contribution in [2.24, 2.45) is 4.99 Å². The third-order valence-electron chi connectivity index (χ3n) is 3.96. The molecule has 0 radical (unpaired) electrons. The zero-order valence-corrected chi connectivity index (χ0v) is 16.3. The van der Waals surface area contributed by atoms with Crippen LogP contribution in [0.15, 0.2) is 41.4 Å². The lowest BCUT2D eigenvalue weighted by Gasteiger charge is -2.23. The quantitative estimate of drug-likeness (QED) is 0.445. The highest BCUT2D eigenvalue weighted by atomic mass is 35.5. The van der Waals surface area contributed by atoms with E-state index in [1.54, 1.807) is 30.4 Å². The smallest absolute Gasteiger partial charge is 0.406 e. The summed E-state index contributed by atoms with van der Waals surface area (Å²) < 4.78 is 41.3. The largest absolute Gasteiger partial charge is 0.573 e. The maximum atomic E-state index is 12.4. The molecular formula is C19H21ClF3N3O. The molecule has 0 unspecified atom stereocenters. The van der Waals surface area contributed by atoms with Gasteiger partial charge in [0.25, 0.3) is 0 Å². The van der Waals surface area contributed by atoms with Crippen LogP contribution in [0.5, 0.6) is 5.75 Å². The molecule has 0 amide bonds. The average Bonchev–Trinajstić information content (AvgIpc) is 2.60. The van der Waals surface area contributed by atoms with E-state index in [9.17, 15) is 13.2 Å². The molecule has 0 N–H and O–H groups in total. The molecule has 2 aromatic carbocycles. The van der Waals surface area contributed by atoms with Gasteiger partial charge >= 0.3 is 6.36 Å². The van der Waals surface area contributed by atoms with E-state index in [1.165, 1.54) is 18.2 Å². The van der Waals surface area contributed by atoms with Gasteiger partial charge in [-0.3, -0.25) is 0 Å². The Labute approximate surface area is 161 Å². The van der Waals surface area contributed by atoms with Crippen LogP contribution in [-0.4, -0.2) is 38.2 Å². The molecule has 0 aromatic heterocycles. The SMILES string of the molecule is CCN(C)C=Nc1cc(C)c(N(C)c2cccc(OC(F)(F)F)c2)cc1Cl. The molecule has 0 saturated carbocycles. The summed E-state index contributed by atoms with van der Waals surface area (Å²) >= 11 is 6.35. The highest BCUT2D eigenvalue weighted by molar-refractivity contribution is 6.33. The topological polar surface area (TPSA) is 28.1 Å². The Morgan fingerprint density at radius 1 is 1.19 bits per heavy atom. The molecule has 8 heteroatoms. The summed E-state index contributed by atoms with van der Waals surface area (Å²) in [4.78, 5) is 8.03. The molecule has 0 heterocycles. The maximum Gasteiger partial charge on any atom is 0.573 e. The van der Waals surface area contributed by atoms with E-state index < -0.39 is 6.36 Å². The Morgan fingerprint density at radius 3 is 2.52 bits per heavy atom. The summed E-state index contributed by atoms with van der Waals surface area (Å²) in [5.74, 6) is -0.278. The van der Waals surface area contributed by atoms with Crippen molar-refractivity contribution >= 4 is 35.0 Å². The molecule has 2 aromatic rings. The van der Waals surface area contributed by atoms with Crippen molar-refractivity contribution in [1.82, 2.24) is 4.90 Å². The maximum absolute atomic E-state index is 12.4. The van der Waals surface area contributed by atoms with Crippen LogP contribution in [-0.2, 0) is 0 Å². The first-order valence-electron chi connectivity index (χ1n) is 8.25. The van der Waals surface area contributed by atoms with Crippen LogP contribution >= 0.6 is 11.6 Å². The minimum Gasteiger partial charge on any atom is -0.406 e. The van der Waals surface area contributed by atoms with Gasteiger partial charge < -0.3 is 14.5 Å². The number of aryl methyl sites for hydroxylation is 1. The monoisotopic (exact) mass is 399 g/mol. The summed E-state index contributed by atoms with van der Waals surface area (Å²) in [6.45, 7) is 4.71. The van der Waals surface area contributed by atoms with Crippen molar-refractivity contribution in [1.29, 1.82) is 0 Å². The molecule has 0 aliphatic carbocycles. The molecule has 0 atom stereocenters. The molecule has 0 aliphatic rings. The molecule has 2 rings (SSSR count). The standard InChI is InChI=1S/C19H21ClF3N3O/c1-5-25(3)12-24-17-9-13(2)18(11-16(17)20)26(4)14-7-6-8-15(10-14)27-19(21,22)23/h6-12H,5H2,1-4H3. The Morgan fingerprint density at radius 2 is 1.89 bits per heavy atom. The van der Waals surface area contributed by atoms with Crippen molar-refractivity contribution in [3.8, 4) is 5.75 Å². The predicted octanol–water partition coefficient (Wildman–Crippen LogP) is 5.93. The highest BCUT2D eigenvalue weighted by Crippen LogP contribution is 2.36. The Bertz CT molecular complexity index is 824. The van der Waals surface area contributed by atoms with E-state index in [0.29, 0.717) is 16.4 Å². The van der Waals surface area contributed by atoms with Gasteiger partial charge in [0.15, 0.2) is 0 Å². The summed E-state index contributed by atoms with van der Waals surface area (Å²) in [5, 5.41) is 0.450. The van der Waals surface area contributed by atoms with Crippen molar-refractivity contribution in [3.63, 3.8) is 0 Å². The number of hydrogen-bond acceptors (Lipinski definition) is 3. The second-order valence-corrected chi connectivity index (χ2v) is 6.42. The highest BCUT2D eigenvalue weighted by Gasteiger charge is 2.31. The fraction of sp³-hybridized carbons (Fsp3) is 0.316. The van der Waals surface area contributed by atoms with Crippen LogP contribution in [0.25, 0.3) is 0 Å². The van der Waals surface area contributed by atoms with Gasteiger partial charge in [0.2, 0.25) is 0 Å². The van der Waals surface area contributed by atoms with E-state index in [2.05, 4.69) is 9.73 Å². The van der Waals surface area contributed by atoms with Crippen LogP contribution in [0.2, 0.25) is 5.02 Å². The normalized spacial score (nSPS) is 11.7. The van der Waals surface area contributed by atoms with Crippen molar-refractivity contribution in [2.45, 2.75) is 20.2 Å². The number of anilines is 2. The number of halogens is 4. The lowest BCUT2D eigenvalue weighted by Crippen LogP contribution is -2.17. The zero-order valence-electron chi connectivity index (χ0n) is 15.5. The molecular weight excluding hydrogens is 379 g/mol. The fourth-order valence-electron chi connectivity index (χ4n) is 2.39. The molecule has 0 saturated heterocycles. The molecule has 0 spiro atoms. The van der Waals surface area contributed by atoms with Gasteiger partial charge in [-0.05, 0) is 43.7 Å². The average molecular weight is 400 g/mol. The Balaban J connectivity index is 2.31. The van der Waals surface area contributed by atoms with Gasteiger partial charge in [0.1, 0.15) is 5.75 Å². The van der Waals surface area contributed by atoms with Gasteiger partial charge in [-0.15, -0.1) is 13.2 Å². The number of hydrogen-bond donors (Lipinski definition) is 0. The number of rotatable bonds is 6.